The van der Waals surface area contributed by atoms with Crippen molar-refractivity contribution in [2.75, 3.05) is 13.4 Å². The molecule has 0 aliphatic heterocycles. The van der Waals surface area contributed by atoms with Crippen molar-refractivity contribution in [3.63, 3.8) is 0 Å². The Labute approximate surface area is 128 Å². The van der Waals surface area contributed by atoms with Gasteiger partial charge in [0.15, 0.2) is 5.82 Å². The van der Waals surface area contributed by atoms with Gasteiger partial charge in [-0.15, -0.1) is 0 Å². The summed E-state index contributed by atoms with van der Waals surface area (Å²) >= 11 is 0. The molecule has 7 nitrogen and oxygen atoms in total. The first-order valence-corrected chi connectivity index (χ1v) is 8.05. The molecule has 8 heteroatoms. The fraction of sp³-hybridized carbons (Fsp3) is 0.214. The molecule has 22 heavy (non-hydrogen) atoms. The van der Waals surface area contributed by atoms with Gasteiger partial charge >= 0.3 is 5.97 Å². The predicted octanol–water partition coefficient (Wildman–Crippen LogP) is 1.41. The van der Waals surface area contributed by atoms with E-state index in [1.54, 1.807) is 36.7 Å². The van der Waals surface area contributed by atoms with E-state index in [0.29, 0.717) is 5.56 Å². The number of aromatic nitrogens is 2. The molecule has 0 saturated carbocycles. The summed E-state index contributed by atoms with van der Waals surface area (Å²) < 4.78 is 31.0. The summed E-state index contributed by atoms with van der Waals surface area (Å²) in [5.41, 5.74) is 2.01. The molecule has 0 fully saturated rings. The maximum absolute atomic E-state index is 11.3. The molecule has 0 unspecified atom stereocenters. The monoisotopic (exact) mass is 322 g/mol. The van der Waals surface area contributed by atoms with Crippen LogP contribution in [0.2, 0.25) is 0 Å². The molecular formula is C14H14N2O5S. The van der Waals surface area contributed by atoms with Gasteiger partial charge in [-0.25, -0.2) is 14.8 Å². The molecule has 1 aromatic heterocycles. The van der Waals surface area contributed by atoms with E-state index in [2.05, 4.69) is 18.9 Å². The van der Waals surface area contributed by atoms with Gasteiger partial charge in [0.05, 0.1) is 18.9 Å². The van der Waals surface area contributed by atoms with Gasteiger partial charge in [-0.1, -0.05) is 12.1 Å². The van der Waals surface area contributed by atoms with Gasteiger partial charge in [-0.2, -0.15) is 8.42 Å². The van der Waals surface area contributed by atoms with Gasteiger partial charge in [-0.05, 0) is 17.7 Å². The number of carbonyl (C=O) groups is 1. The van der Waals surface area contributed by atoms with Crippen LogP contribution in [0.4, 0.5) is 0 Å². The van der Waals surface area contributed by atoms with Crippen LogP contribution in [0, 0.1) is 0 Å². The van der Waals surface area contributed by atoms with Crippen LogP contribution in [0.1, 0.15) is 16.2 Å². The Hall–Kier alpha value is -2.32. The molecule has 0 bridgehead atoms. The van der Waals surface area contributed by atoms with E-state index in [1.807, 2.05) is 0 Å². The SMILES string of the molecule is COC(=O)c1ccc(-c2cnc(COS(C)(=O)=O)nc2)cc1. The van der Waals surface area contributed by atoms with Crippen molar-refractivity contribution >= 4 is 16.1 Å². The molecule has 2 aromatic rings. The van der Waals surface area contributed by atoms with Crippen LogP contribution in [-0.4, -0.2) is 37.7 Å². The summed E-state index contributed by atoms with van der Waals surface area (Å²) in [6.07, 6.45) is 4.08. The second kappa shape index (κ2) is 6.63. The third kappa shape index (κ3) is 4.34. The van der Waals surface area contributed by atoms with Gasteiger partial charge < -0.3 is 4.74 Å². The minimum atomic E-state index is -3.52. The zero-order valence-electron chi connectivity index (χ0n) is 12.0. The Balaban J connectivity index is 2.11. The van der Waals surface area contributed by atoms with E-state index in [1.165, 1.54) is 7.11 Å². The number of ether oxygens (including phenoxy) is 1. The quantitative estimate of drug-likeness (QED) is 0.606. The number of nitrogens with zero attached hydrogens (tertiary/aromatic N) is 2. The largest absolute Gasteiger partial charge is 0.465 e. The Kier molecular flexibility index (Phi) is 4.84. The van der Waals surface area contributed by atoms with Crippen LogP contribution < -0.4 is 0 Å². The summed E-state index contributed by atoms with van der Waals surface area (Å²) in [4.78, 5) is 19.4. The number of hydrogen-bond acceptors (Lipinski definition) is 7. The molecule has 0 saturated heterocycles. The zero-order valence-corrected chi connectivity index (χ0v) is 12.8. The number of rotatable bonds is 5. The Morgan fingerprint density at radius 3 is 2.18 bits per heavy atom. The van der Waals surface area contributed by atoms with Gasteiger partial charge in [0.25, 0.3) is 10.1 Å². The molecule has 0 radical (unpaired) electrons. The highest BCUT2D eigenvalue weighted by Crippen LogP contribution is 2.18. The van der Waals surface area contributed by atoms with Crippen molar-refractivity contribution < 1.29 is 22.1 Å². The normalized spacial score (nSPS) is 11.2. The molecule has 1 heterocycles. The third-order valence-electron chi connectivity index (χ3n) is 2.75. The fourth-order valence-electron chi connectivity index (χ4n) is 1.65. The maximum Gasteiger partial charge on any atom is 0.337 e. The predicted molar refractivity (Wildman–Crippen MR) is 78.4 cm³/mol. The molecule has 0 aliphatic carbocycles. The number of hydrogen-bond donors (Lipinski definition) is 0. The first-order chi connectivity index (χ1) is 10.4. The van der Waals surface area contributed by atoms with E-state index in [9.17, 15) is 13.2 Å². The number of carbonyl (C=O) groups excluding carboxylic acids is 1. The second-order valence-corrected chi connectivity index (χ2v) is 6.07. The molecule has 1 aromatic carbocycles. The summed E-state index contributed by atoms with van der Waals surface area (Å²) in [6, 6.07) is 6.78. The van der Waals surface area contributed by atoms with E-state index in [-0.39, 0.29) is 12.4 Å². The van der Waals surface area contributed by atoms with Crippen LogP contribution in [-0.2, 0) is 25.6 Å². The molecule has 0 atom stereocenters. The lowest BCUT2D eigenvalue weighted by Gasteiger charge is -2.04. The zero-order chi connectivity index (χ0) is 16.2. The molecule has 0 N–H and O–H groups in total. The first-order valence-electron chi connectivity index (χ1n) is 6.23. The minimum Gasteiger partial charge on any atom is -0.465 e. The summed E-state index contributed by atoms with van der Waals surface area (Å²) in [6.45, 7) is -0.208. The number of esters is 1. The van der Waals surface area contributed by atoms with Crippen LogP contribution in [0.25, 0.3) is 11.1 Å². The highest BCUT2D eigenvalue weighted by molar-refractivity contribution is 7.85. The minimum absolute atomic E-state index is 0.208. The summed E-state index contributed by atoms with van der Waals surface area (Å²) in [7, 11) is -2.20. The lowest BCUT2D eigenvalue weighted by atomic mass is 10.1. The summed E-state index contributed by atoms with van der Waals surface area (Å²) in [5, 5.41) is 0. The van der Waals surface area contributed by atoms with E-state index < -0.39 is 16.1 Å². The summed E-state index contributed by atoms with van der Waals surface area (Å²) in [5.74, 6) is -0.142. The van der Waals surface area contributed by atoms with Crippen LogP contribution in [0.3, 0.4) is 0 Å². The lowest BCUT2D eigenvalue weighted by molar-refractivity contribution is 0.0600. The van der Waals surface area contributed by atoms with E-state index >= 15 is 0 Å². The van der Waals surface area contributed by atoms with Gasteiger partial charge in [0.1, 0.15) is 6.61 Å². The standard InChI is InChI=1S/C14H14N2O5S/c1-20-14(17)11-5-3-10(4-6-11)12-7-15-13(16-8-12)9-21-22(2,18)19/h3-8H,9H2,1-2H3. The molecule has 0 aliphatic rings. The Morgan fingerprint density at radius 2 is 1.68 bits per heavy atom. The van der Waals surface area contributed by atoms with Crippen molar-refractivity contribution in [1.82, 2.24) is 9.97 Å². The molecule has 116 valence electrons. The molecular weight excluding hydrogens is 308 g/mol. The van der Waals surface area contributed by atoms with Crippen molar-refractivity contribution in [3.8, 4) is 11.1 Å². The Bertz CT molecular complexity index is 755. The average molecular weight is 322 g/mol. The lowest BCUT2D eigenvalue weighted by Crippen LogP contribution is -2.05. The molecule has 0 amide bonds. The fourth-order valence-corrected chi connectivity index (χ4v) is 1.97. The second-order valence-electron chi connectivity index (χ2n) is 4.42. The van der Waals surface area contributed by atoms with Crippen molar-refractivity contribution in [2.24, 2.45) is 0 Å². The molecule has 2 rings (SSSR count). The van der Waals surface area contributed by atoms with Crippen LogP contribution >= 0.6 is 0 Å². The average Bonchev–Trinajstić information content (AvgIpc) is 2.52. The molecule has 0 spiro atoms. The third-order valence-corrected chi connectivity index (χ3v) is 3.29. The van der Waals surface area contributed by atoms with Crippen LogP contribution in [0.15, 0.2) is 36.7 Å². The highest BCUT2D eigenvalue weighted by atomic mass is 32.2. The van der Waals surface area contributed by atoms with Crippen molar-refractivity contribution in [3.05, 3.63) is 48.0 Å². The van der Waals surface area contributed by atoms with E-state index in [0.717, 1.165) is 17.4 Å². The Morgan fingerprint density at radius 1 is 1.09 bits per heavy atom. The topological polar surface area (TPSA) is 95.5 Å². The maximum atomic E-state index is 11.3. The van der Waals surface area contributed by atoms with Crippen LogP contribution in [0.5, 0.6) is 0 Å². The highest BCUT2D eigenvalue weighted by Gasteiger charge is 2.07. The van der Waals surface area contributed by atoms with Gasteiger partial charge in [-0.3, -0.25) is 4.18 Å². The number of benzene rings is 1. The number of methoxy groups -OCH3 is 1. The smallest absolute Gasteiger partial charge is 0.337 e. The van der Waals surface area contributed by atoms with Gasteiger partial charge in [0, 0.05) is 18.0 Å². The van der Waals surface area contributed by atoms with Gasteiger partial charge in [0.2, 0.25) is 0 Å². The van der Waals surface area contributed by atoms with E-state index in [4.69, 9.17) is 0 Å². The first kappa shape index (κ1) is 16.1. The van der Waals surface area contributed by atoms with Crippen molar-refractivity contribution in [1.29, 1.82) is 0 Å². The van der Waals surface area contributed by atoms with Crippen molar-refractivity contribution in [2.45, 2.75) is 6.61 Å².